The fourth-order valence-electron chi connectivity index (χ4n) is 5.66. The van der Waals surface area contributed by atoms with E-state index in [9.17, 15) is 14.7 Å². The highest BCUT2D eigenvalue weighted by Crippen LogP contribution is 2.55. The van der Waals surface area contributed by atoms with Crippen LogP contribution in [0.4, 0.5) is 0 Å². The molecule has 0 aliphatic heterocycles. The molecule has 0 saturated heterocycles. The summed E-state index contributed by atoms with van der Waals surface area (Å²) in [6.07, 6.45) is 7.54. The highest BCUT2D eigenvalue weighted by Gasteiger charge is 2.51. The molecular formula is C19H23NO3. The van der Waals surface area contributed by atoms with Crippen LogP contribution in [-0.2, 0) is 11.2 Å². The Morgan fingerprint density at radius 2 is 1.61 bits per heavy atom. The minimum Gasteiger partial charge on any atom is -0.478 e. The van der Waals surface area contributed by atoms with Crippen molar-refractivity contribution < 1.29 is 14.7 Å². The lowest BCUT2D eigenvalue weighted by Gasteiger charge is -2.56. The summed E-state index contributed by atoms with van der Waals surface area (Å²) < 4.78 is 0. The van der Waals surface area contributed by atoms with Gasteiger partial charge in [0.25, 0.3) is 0 Å². The Bertz CT molecular complexity index is 616. The minimum absolute atomic E-state index is 0.00992. The molecule has 0 radical (unpaired) electrons. The number of carbonyl (C=O) groups excluding carboxylic acids is 1. The normalized spacial score (nSPS) is 34.3. The number of hydrogen-bond donors (Lipinski definition) is 2. The average molecular weight is 313 g/mol. The Morgan fingerprint density at radius 1 is 1.04 bits per heavy atom. The number of hydrogen-bond acceptors (Lipinski definition) is 2. The predicted molar refractivity (Wildman–Crippen MR) is 86.2 cm³/mol. The van der Waals surface area contributed by atoms with Gasteiger partial charge in [0.2, 0.25) is 5.91 Å². The third-order valence-corrected chi connectivity index (χ3v) is 6.04. The van der Waals surface area contributed by atoms with Gasteiger partial charge in [0.15, 0.2) is 0 Å². The van der Waals surface area contributed by atoms with Crippen molar-refractivity contribution in [1.82, 2.24) is 5.32 Å². The molecule has 122 valence electrons. The van der Waals surface area contributed by atoms with Gasteiger partial charge >= 0.3 is 5.97 Å². The van der Waals surface area contributed by atoms with Crippen LogP contribution < -0.4 is 5.32 Å². The molecule has 0 aromatic heterocycles. The van der Waals surface area contributed by atoms with Crippen molar-refractivity contribution in [1.29, 1.82) is 0 Å². The van der Waals surface area contributed by atoms with Gasteiger partial charge in [0.1, 0.15) is 0 Å². The fraction of sp³-hybridized carbons (Fsp3) is 0.579. The second kappa shape index (κ2) is 5.36. The van der Waals surface area contributed by atoms with E-state index in [0.29, 0.717) is 5.56 Å². The van der Waals surface area contributed by atoms with Gasteiger partial charge in [-0.05, 0) is 67.9 Å². The number of carboxylic acids is 1. The molecule has 4 aliphatic rings. The smallest absolute Gasteiger partial charge is 0.335 e. The molecule has 4 fully saturated rings. The molecule has 5 rings (SSSR count). The maximum absolute atomic E-state index is 12.6. The largest absolute Gasteiger partial charge is 0.478 e. The van der Waals surface area contributed by atoms with Crippen LogP contribution in [-0.4, -0.2) is 22.5 Å². The fourth-order valence-corrected chi connectivity index (χ4v) is 5.66. The Kier molecular flexibility index (Phi) is 3.43. The van der Waals surface area contributed by atoms with Crippen LogP contribution in [0.5, 0.6) is 0 Å². The third-order valence-electron chi connectivity index (χ3n) is 6.04. The molecule has 0 spiro atoms. The quantitative estimate of drug-likeness (QED) is 0.898. The zero-order valence-corrected chi connectivity index (χ0v) is 13.3. The van der Waals surface area contributed by atoms with Crippen molar-refractivity contribution in [2.45, 2.75) is 50.5 Å². The molecule has 0 unspecified atom stereocenters. The summed E-state index contributed by atoms with van der Waals surface area (Å²) in [5.41, 5.74) is 0.819. The Balaban J connectivity index is 1.48. The Morgan fingerprint density at radius 3 is 2.17 bits per heavy atom. The van der Waals surface area contributed by atoms with Crippen molar-refractivity contribution in [2.75, 3.05) is 0 Å². The number of nitrogens with one attached hydrogen (secondary N) is 1. The summed E-state index contributed by atoms with van der Waals surface area (Å²) >= 11 is 0. The van der Waals surface area contributed by atoms with Crippen LogP contribution in [0.2, 0.25) is 0 Å². The van der Waals surface area contributed by atoms with E-state index < -0.39 is 5.97 Å². The summed E-state index contributed by atoms with van der Waals surface area (Å²) in [6, 6.07) is 6.79. The van der Waals surface area contributed by atoms with E-state index in [4.69, 9.17) is 0 Å². The SMILES string of the molecule is O=C(Cc1ccccc1C(=O)O)NC12CC3CC(CC(C3)C1)C2. The maximum Gasteiger partial charge on any atom is 0.335 e. The van der Waals surface area contributed by atoms with Crippen molar-refractivity contribution >= 4 is 11.9 Å². The summed E-state index contributed by atoms with van der Waals surface area (Å²) in [5.74, 6) is 1.36. The molecule has 0 heterocycles. The first-order chi connectivity index (χ1) is 11.0. The van der Waals surface area contributed by atoms with E-state index in [2.05, 4.69) is 5.32 Å². The van der Waals surface area contributed by atoms with Gasteiger partial charge in [-0.3, -0.25) is 4.79 Å². The van der Waals surface area contributed by atoms with E-state index in [1.165, 1.54) is 19.3 Å². The van der Waals surface area contributed by atoms with Crippen LogP contribution in [0.3, 0.4) is 0 Å². The summed E-state index contributed by atoms with van der Waals surface area (Å²) in [7, 11) is 0. The van der Waals surface area contributed by atoms with E-state index in [-0.39, 0.29) is 23.4 Å². The first-order valence-electron chi connectivity index (χ1n) is 8.65. The topological polar surface area (TPSA) is 66.4 Å². The minimum atomic E-state index is -0.969. The zero-order chi connectivity index (χ0) is 16.0. The van der Waals surface area contributed by atoms with Gasteiger partial charge in [-0.1, -0.05) is 18.2 Å². The molecular weight excluding hydrogens is 290 g/mol. The summed E-state index contributed by atoms with van der Waals surface area (Å²) in [4.78, 5) is 23.8. The molecule has 4 nitrogen and oxygen atoms in total. The number of aromatic carboxylic acids is 1. The van der Waals surface area contributed by atoms with Crippen molar-refractivity contribution in [3.8, 4) is 0 Å². The molecule has 1 aromatic rings. The number of carboxylic acid groups (broad SMARTS) is 1. The van der Waals surface area contributed by atoms with Gasteiger partial charge in [-0.15, -0.1) is 0 Å². The van der Waals surface area contributed by atoms with Crippen molar-refractivity contribution in [3.05, 3.63) is 35.4 Å². The lowest BCUT2D eigenvalue weighted by atomic mass is 9.53. The molecule has 1 amide bonds. The molecule has 23 heavy (non-hydrogen) atoms. The van der Waals surface area contributed by atoms with E-state index in [1.54, 1.807) is 24.3 Å². The lowest BCUT2D eigenvalue weighted by Crippen LogP contribution is -2.60. The Labute approximate surface area is 136 Å². The molecule has 4 bridgehead atoms. The van der Waals surface area contributed by atoms with Crippen LogP contribution in [0.1, 0.15) is 54.4 Å². The lowest BCUT2D eigenvalue weighted by molar-refractivity contribution is -0.126. The average Bonchev–Trinajstić information content (AvgIpc) is 2.45. The standard InChI is InChI=1S/C19H23NO3/c21-17(8-15-3-1-2-4-16(15)18(22)23)20-19-9-12-5-13(10-19)7-14(6-12)11-19/h1-4,12-14H,5-11H2,(H,20,21)(H,22,23). The molecule has 4 heteroatoms. The zero-order valence-electron chi connectivity index (χ0n) is 13.3. The number of benzene rings is 1. The van der Waals surface area contributed by atoms with Crippen LogP contribution in [0.15, 0.2) is 24.3 Å². The monoisotopic (exact) mass is 313 g/mol. The predicted octanol–water partition coefficient (Wildman–Crippen LogP) is 3.01. The molecule has 0 atom stereocenters. The van der Waals surface area contributed by atoms with E-state index in [0.717, 1.165) is 37.0 Å². The summed E-state index contributed by atoms with van der Waals surface area (Å²) in [6.45, 7) is 0. The van der Waals surface area contributed by atoms with E-state index >= 15 is 0 Å². The Hall–Kier alpha value is -1.84. The first-order valence-corrected chi connectivity index (χ1v) is 8.65. The highest BCUT2D eigenvalue weighted by molar-refractivity contribution is 5.91. The molecule has 4 saturated carbocycles. The molecule has 4 aliphatic carbocycles. The van der Waals surface area contributed by atoms with E-state index in [1.807, 2.05) is 0 Å². The summed E-state index contributed by atoms with van der Waals surface area (Å²) in [5, 5.41) is 12.6. The van der Waals surface area contributed by atoms with Gasteiger partial charge < -0.3 is 10.4 Å². The van der Waals surface area contributed by atoms with Crippen molar-refractivity contribution in [2.24, 2.45) is 17.8 Å². The number of rotatable bonds is 4. The number of amides is 1. The maximum atomic E-state index is 12.6. The van der Waals surface area contributed by atoms with Crippen LogP contribution in [0, 0.1) is 17.8 Å². The second-order valence-corrected chi connectivity index (χ2v) is 7.89. The van der Waals surface area contributed by atoms with Gasteiger partial charge in [0, 0.05) is 5.54 Å². The third kappa shape index (κ3) is 2.75. The van der Waals surface area contributed by atoms with Crippen molar-refractivity contribution in [3.63, 3.8) is 0 Å². The van der Waals surface area contributed by atoms with Gasteiger partial charge in [-0.2, -0.15) is 0 Å². The van der Waals surface area contributed by atoms with Crippen LogP contribution >= 0.6 is 0 Å². The molecule has 2 N–H and O–H groups in total. The second-order valence-electron chi connectivity index (χ2n) is 7.89. The van der Waals surface area contributed by atoms with Gasteiger partial charge in [-0.25, -0.2) is 4.79 Å². The number of carbonyl (C=O) groups is 2. The van der Waals surface area contributed by atoms with Gasteiger partial charge in [0.05, 0.1) is 12.0 Å². The molecule has 1 aromatic carbocycles. The first kappa shape index (κ1) is 14.7. The highest BCUT2D eigenvalue weighted by atomic mass is 16.4. The van der Waals surface area contributed by atoms with Crippen LogP contribution in [0.25, 0.3) is 0 Å².